The van der Waals surface area contributed by atoms with Crippen LogP contribution in [0.3, 0.4) is 0 Å². The number of carboxylic acids is 1. The topological polar surface area (TPSA) is 121 Å². The smallest absolute Gasteiger partial charge is 0.326 e. The number of carboxylic acid groups (broad SMARTS) is 1. The van der Waals surface area contributed by atoms with E-state index in [0.717, 1.165) is 64.9 Å². The van der Waals surface area contributed by atoms with Crippen molar-refractivity contribution >= 4 is 33.9 Å². The van der Waals surface area contributed by atoms with Crippen molar-refractivity contribution in [1.29, 1.82) is 0 Å². The van der Waals surface area contributed by atoms with Gasteiger partial charge in [0.2, 0.25) is 0 Å². The maximum atomic E-state index is 13.4. The maximum absolute atomic E-state index is 13.4. The number of aliphatic carboxylic acids is 1. The average molecular weight is 562 g/mol. The molecule has 1 saturated carbocycles. The van der Waals surface area contributed by atoms with E-state index in [4.69, 9.17) is 15.0 Å². The number of nitrogens with zero attached hydrogens (tertiary/aromatic N) is 5. The Kier molecular flexibility index (Phi) is 6.66. The normalized spacial score (nSPS) is 19.5. The van der Waals surface area contributed by atoms with Crippen molar-refractivity contribution in [3.8, 4) is 22.6 Å². The van der Waals surface area contributed by atoms with Crippen molar-refractivity contribution in [2.45, 2.75) is 56.7 Å². The molecule has 1 amide bonds. The summed E-state index contributed by atoms with van der Waals surface area (Å²) in [7, 11) is 0. The molecule has 1 aliphatic heterocycles. The van der Waals surface area contributed by atoms with Crippen LogP contribution in [0, 0.1) is 0 Å². The molecule has 0 radical (unpaired) electrons. The van der Waals surface area contributed by atoms with E-state index in [9.17, 15) is 19.8 Å². The van der Waals surface area contributed by atoms with Gasteiger partial charge in [-0.3, -0.25) is 9.78 Å². The number of rotatable bonds is 5. The predicted molar refractivity (Wildman–Crippen MR) is 159 cm³/mol. The molecule has 1 saturated heterocycles. The number of amides is 1. The summed E-state index contributed by atoms with van der Waals surface area (Å²) >= 11 is 0. The highest BCUT2D eigenvalue weighted by Crippen LogP contribution is 2.37. The first-order valence-electron chi connectivity index (χ1n) is 14.5. The summed E-state index contributed by atoms with van der Waals surface area (Å²) in [4.78, 5) is 41.0. The standard InChI is InChI=1S/C33H31N5O4/c39-24-17-30(33(41)42)37(19-24)32(40)22-12-14-29-27(16-22)36-31(38(29)23-9-5-2-6-10-23)21-11-13-25-26(15-21)34-18-28(35-25)20-7-3-1-4-8-20/h1,3-4,7-8,11-16,18,23-24,30,39H,2,5-6,9-10,17,19H2,(H,41,42)/t24-,30+/m1/s1. The van der Waals surface area contributed by atoms with Crippen LogP contribution in [0.2, 0.25) is 0 Å². The Morgan fingerprint density at radius 1 is 0.833 bits per heavy atom. The zero-order valence-corrected chi connectivity index (χ0v) is 23.1. The molecule has 3 aromatic carbocycles. The molecule has 3 heterocycles. The molecular formula is C33H31N5O4. The molecule has 0 bridgehead atoms. The van der Waals surface area contributed by atoms with E-state index in [2.05, 4.69) is 4.57 Å². The number of aromatic nitrogens is 4. The number of fused-ring (bicyclic) bond motifs is 2. The molecule has 1 aliphatic carbocycles. The van der Waals surface area contributed by atoms with Crippen LogP contribution in [0.1, 0.15) is 54.9 Å². The molecule has 9 heteroatoms. The van der Waals surface area contributed by atoms with E-state index < -0.39 is 24.0 Å². The quantitative estimate of drug-likeness (QED) is 0.291. The summed E-state index contributed by atoms with van der Waals surface area (Å²) in [5.41, 5.74) is 6.31. The Balaban J connectivity index is 1.30. The molecule has 212 valence electrons. The van der Waals surface area contributed by atoms with Crippen LogP contribution in [0.5, 0.6) is 0 Å². The summed E-state index contributed by atoms with van der Waals surface area (Å²) in [6.45, 7) is -0.000284. The molecule has 2 aromatic heterocycles. The zero-order chi connectivity index (χ0) is 28.8. The molecule has 2 fully saturated rings. The monoisotopic (exact) mass is 561 g/mol. The third-order valence-corrected chi connectivity index (χ3v) is 8.57. The molecule has 2 aliphatic rings. The minimum Gasteiger partial charge on any atom is -0.480 e. The number of aliphatic hydroxyl groups is 1. The lowest BCUT2D eigenvalue weighted by molar-refractivity contribution is -0.141. The Labute approximate surface area is 242 Å². The van der Waals surface area contributed by atoms with Gasteiger partial charge >= 0.3 is 5.97 Å². The maximum Gasteiger partial charge on any atom is 0.326 e. The van der Waals surface area contributed by atoms with Crippen molar-refractivity contribution < 1.29 is 19.8 Å². The van der Waals surface area contributed by atoms with Gasteiger partial charge in [0.05, 0.1) is 40.1 Å². The summed E-state index contributed by atoms with van der Waals surface area (Å²) < 4.78 is 2.30. The minimum atomic E-state index is -1.11. The van der Waals surface area contributed by atoms with E-state index in [1.54, 1.807) is 18.3 Å². The van der Waals surface area contributed by atoms with Crippen molar-refractivity contribution in [3.63, 3.8) is 0 Å². The molecule has 9 nitrogen and oxygen atoms in total. The third kappa shape index (κ3) is 4.69. The minimum absolute atomic E-state index is 0.000284. The summed E-state index contributed by atoms with van der Waals surface area (Å²) in [5.74, 6) is -0.706. The van der Waals surface area contributed by atoms with E-state index in [-0.39, 0.29) is 19.0 Å². The van der Waals surface area contributed by atoms with Crippen molar-refractivity contribution in [1.82, 2.24) is 24.4 Å². The second-order valence-electron chi connectivity index (χ2n) is 11.3. The molecule has 2 atom stereocenters. The largest absolute Gasteiger partial charge is 0.480 e. The van der Waals surface area contributed by atoms with E-state index in [1.165, 1.54) is 11.3 Å². The Hall–Kier alpha value is -4.63. The fourth-order valence-electron chi connectivity index (χ4n) is 6.48. The first-order valence-corrected chi connectivity index (χ1v) is 14.5. The lowest BCUT2D eigenvalue weighted by atomic mass is 9.94. The van der Waals surface area contributed by atoms with Crippen LogP contribution < -0.4 is 0 Å². The highest BCUT2D eigenvalue weighted by atomic mass is 16.4. The first kappa shape index (κ1) is 26.3. The van der Waals surface area contributed by atoms with E-state index >= 15 is 0 Å². The number of hydrogen-bond acceptors (Lipinski definition) is 6. The van der Waals surface area contributed by atoms with Gasteiger partial charge in [0.15, 0.2) is 0 Å². The molecule has 7 rings (SSSR count). The fraction of sp³-hybridized carbons (Fsp3) is 0.303. The van der Waals surface area contributed by atoms with Crippen LogP contribution in [-0.2, 0) is 4.79 Å². The number of hydrogen-bond donors (Lipinski definition) is 2. The fourth-order valence-corrected chi connectivity index (χ4v) is 6.48. The number of imidazole rings is 1. The van der Waals surface area contributed by atoms with Crippen LogP contribution in [0.25, 0.3) is 44.7 Å². The number of likely N-dealkylation sites (tertiary alicyclic amines) is 1. The van der Waals surface area contributed by atoms with E-state index in [0.29, 0.717) is 11.1 Å². The number of carbonyl (C=O) groups excluding carboxylic acids is 1. The van der Waals surface area contributed by atoms with Gasteiger partial charge in [0, 0.05) is 35.7 Å². The highest BCUT2D eigenvalue weighted by molar-refractivity contribution is 6.00. The lowest BCUT2D eigenvalue weighted by Gasteiger charge is -2.26. The Morgan fingerprint density at radius 3 is 2.43 bits per heavy atom. The average Bonchev–Trinajstić information content (AvgIpc) is 3.61. The Morgan fingerprint density at radius 2 is 1.64 bits per heavy atom. The van der Waals surface area contributed by atoms with Crippen molar-refractivity contribution in [2.24, 2.45) is 0 Å². The van der Waals surface area contributed by atoms with Gasteiger partial charge in [0.1, 0.15) is 11.9 Å². The molecular weight excluding hydrogens is 530 g/mol. The van der Waals surface area contributed by atoms with Gasteiger partial charge in [-0.25, -0.2) is 14.8 Å². The first-order chi connectivity index (χ1) is 20.5. The van der Waals surface area contributed by atoms with Gasteiger partial charge in [-0.2, -0.15) is 0 Å². The Bertz CT molecular complexity index is 1810. The number of benzene rings is 3. The van der Waals surface area contributed by atoms with Gasteiger partial charge in [-0.15, -0.1) is 0 Å². The second-order valence-corrected chi connectivity index (χ2v) is 11.3. The van der Waals surface area contributed by atoms with E-state index in [1.807, 2.05) is 54.6 Å². The number of β-amino-alcohol motifs (C(OH)–C–C–N with tert-alkyl or cyclic N) is 1. The SMILES string of the molecule is O=C(O)[C@@H]1C[C@@H](O)CN1C(=O)c1ccc2c(c1)nc(-c1ccc3nc(-c4ccccc4)cnc3c1)n2C1CCCCC1. The second kappa shape index (κ2) is 10.6. The molecule has 0 unspecified atom stereocenters. The molecule has 0 spiro atoms. The van der Waals surface area contributed by atoms with Gasteiger partial charge in [0.25, 0.3) is 5.91 Å². The number of aliphatic hydroxyl groups excluding tert-OH is 1. The van der Waals surface area contributed by atoms with Crippen LogP contribution in [0.4, 0.5) is 0 Å². The van der Waals surface area contributed by atoms with Crippen molar-refractivity contribution in [2.75, 3.05) is 6.54 Å². The third-order valence-electron chi connectivity index (χ3n) is 8.57. The van der Waals surface area contributed by atoms with Crippen LogP contribution in [0.15, 0.2) is 72.9 Å². The predicted octanol–water partition coefficient (Wildman–Crippen LogP) is 5.48. The molecule has 5 aromatic rings. The van der Waals surface area contributed by atoms with Crippen LogP contribution in [-0.4, -0.2) is 65.2 Å². The molecule has 42 heavy (non-hydrogen) atoms. The van der Waals surface area contributed by atoms with Gasteiger partial charge in [-0.1, -0.05) is 49.6 Å². The summed E-state index contributed by atoms with van der Waals surface area (Å²) in [5, 5.41) is 19.7. The van der Waals surface area contributed by atoms with Gasteiger partial charge in [-0.05, 0) is 49.2 Å². The lowest BCUT2D eigenvalue weighted by Crippen LogP contribution is -2.40. The highest BCUT2D eigenvalue weighted by Gasteiger charge is 2.39. The van der Waals surface area contributed by atoms with Crippen molar-refractivity contribution in [3.05, 3.63) is 78.5 Å². The summed E-state index contributed by atoms with van der Waals surface area (Å²) in [6, 6.07) is 20.7. The number of carbonyl (C=O) groups is 2. The van der Waals surface area contributed by atoms with Gasteiger partial charge < -0.3 is 19.7 Å². The zero-order valence-electron chi connectivity index (χ0n) is 23.1. The molecule has 2 N–H and O–H groups in total. The summed E-state index contributed by atoms with van der Waals surface area (Å²) in [6.07, 6.45) is 6.61. The van der Waals surface area contributed by atoms with Crippen LogP contribution >= 0.6 is 0 Å².